The number of piperazine rings is 1. The lowest BCUT2D eigenvalue weighted by Crippen LogP contribution is -2.50. The Morgan fingerprint density at radius 3 is 2.42 bits per heavy atom. The van der Waals surface area contributed by atoms with Crippen LogP contribution >= 0.6 is 11.8 Å². The van der Waals surface area contributed by atoms with E-state index in [1.54, 1.807) is 4.57 Å². The van der Waals surface area contributed by atoms with E-state index in [2.05, 4.69) is 34.5 Å². The Labute approximate surface area is 257 Å². The Kier molecular flexibility index (Phi) is 9.63. The lowest BCUT2D eigenvalue weighted by molar-refractivity contribution is -0.137. The molecule has 0 bridgehead atoms. The fourth-order valence-electron chi connectivity index (χ4n) is 6.57. The molecule has 3 fully saturated rings. The minimum Gasteiger partial charge on any atom is -0.376 e. The van der Waals surface area contributed by atoms with Crippen LogP contribution in [0.5, 0.6) is 0 Å². The first-order chi connectivity index (χ1) is 21.0. The van der Waals surface area contributed by atoms with Gasteiger partial charge in [0.25, 0.3) is 5.56 Å². The standard InChI is InChI=1S/C33H41N5O4S/c39-30(34-21-27-9-6-20-42-27)23-43-33-35-29-11-5-4-10-28(29)32(41)38(33)22-24-12-14-25(15-13-24)31(40)37-18-16-36(17-19-37)26-7-2-1-3-8-26/h1-5,7-8,10-11,24-25,27H,6,9,12-23H2,(H,34,39). The molecule has 228 valence electrons. The number of rotatable bonds is 9. The zero-order valence-electron chi connectivity index (χ0n) is 24.7. The summed E-state index contributed by atoms with van der Waals surface area (Å²) in [5.74, 6) is 0.717. The van der Waals surface area contributed by atoms with Crippen molar-refractivity contribution in [1.29, 1.82) is 0 Å². The van der Waals surface area contributed by atoms with Crippen LogP contribution in [0.4, 0.5) is 5.69 Å². The van der Waals surface area contributed by atoms with Crippen LogP contribution in [0, 0.1) is 11.8 Å². The van der Waals surface area contributed by atoms with E-state index in [1.807, 2.05) is 35.2 Å². The quantitative estimate of drug-likeness (QED) is 0.292. The maximum Gasteiger partial charge on any atom is 0.262 e. The highest BCUT2D eigenvalue weighted by atomic mass is 32.2. The van der Waals surface area contributed by atoms with Crippen LogP contribution in [0.2, 0.25) is 0 Å². The molecule has 0 radical (unpaired) electrons. The molecule has 2 aliphatic heterocycles. The topological polar surface area (TPSA) is 96.8 Å². The van der Waals surface area contributed by atoms with Gasteiger partial charge < -0.3 is 19.9 Å². The predicted molar refractivity (Wildman–Crippen MR) is 169 cm³/mol. The van der Waals surface area contributed by atoms with Crippen molar-refractivity contribution in [2.24, 2.45) is 11.8 Å². The van der Waals surface area contributed by atoms with Crippen molar-refractivity contribution in [1.82, 2.24) is 19.8 Å². The van der Waals surface area contributed by atoms with Crippen molar-refractivity contribution in [3.8, 4) is 0 Å². The van der Waals surface area contributed by atoms with E-state index in [9.17, 15) is 14.4 Å². The van der Waals surface area contributed by atoms with Gasteiger partial charge in [0.2, 0.25) is 11.8 Å². The fraction of sp³-hybridized carbons (Fsp3) is 0.515. The van der Waals surface area contributed by atoms with Crippen molar-refractivity contribution in [2.45, 2.75) is 56.3 Å². The van der Waals surface area contributed by atoms with Crippen molar-refractivity contribution in [2.75, 3.05) is 50.0 Å². The van der Waals surface area contributed by atoms with Crippen LogP contribution in [-0.2, 0) is 20.9 Å². The molecule has 3 heterocycles. The summed E-state index contributed by atoms with van der Waals surface area (Å²) in [7, 11) is 0. The molecule has 1 unspecified atom stereocenters. The van der Waals surface area contributed by atoms with E-state index in [-0.39, 0.29) is 41.1 Å². The largest absolute Gasteiger partial charge is 0.376 e. The van der Waals surface area contributed by atoms with Gasteiger partial charge in [0, 0.05) is 57.5 Å². The summed E-state index contributed by atoms with van der Waals surface area (Å²) in [6, 6.07) is 17.8. The number of fused-ring (bicyclic) bond motifs is 1. The first-order valence-electron chi connectivity index (χ1n) is 15.6. The van der Waals surface area contributed by atoms with Gasteiger partial charge in [-0.15, -0.1) is 0 Å². The zero-order chi connectivity index (χ0) is 29.6. The maximum atomic E-state index is 13.6. The molecule has 43 heavy (non-hydrogen) atoms. The number of hydrogen-bond donors (Lipinski definition) is 1. The Balaban J connectivity index is 1.05. The van der Waals surface area contributed by atoms with Crippen LogP contribution < -0.4 is 15.8 Å². The van der Waals surface area contributed by atoms with Crippen molar-refractivity contribution >= 4 is 40.2 Å². The van der Waals surface area contributed by atoms with E-state index < -0.39 is 0 Å². The van der Waals surface area contributed by atoms with Crippen LogP contribution in [0.1, 0.15) is 38.5 Å². The molecule has 6 rings (SSSR count). The van der Waals surface area contributed by atoms with Gasteiger partial charge in [0.05, 0.1) is 22.8 Å². The molecule has 3 aliphatic rings. The molecular formula is C33H41N5O4S. The summed E-state index contributed by atoms with van der Waals surface area (Å²) < 4.78 is 7.37. The van der Waals surface area contributed by atoms with Gasteiger partial charge in [0.15, 0.2) is 5.16 Å². The van der Waals surface area contributed by atoms with Gasteiger partial charge >= 0.3 is 0 Å². The summed E-state index contributed by atoms with van der Waals surface area (Å²) in [5.41, 5.74) is 1.79. The third kappa shape index (κ3) is 7.24. The van der Waals surface area contributed by atoms with Gasteiger partial charge in [-0.25, -0.2) is 4.98 Å². The number of amides is 2. The smallest absolute Gasteiger partial charge is 0.262 e. The number of anilines is 1. The first-order valence-corrected chi connectivity index (χ1v) is 16.6. The molecule has 10 heteroatoms. The summed E-state index contributed by atoms with van der Waals surface area (Å²) in [6.07, 6.45) is 5.56. The molecule has 1 N–H and O–H groups in total. The van der Waals surface area contributed by atoms with Gasteiger partial charge in [-0.3, -0.25) is 19.0 Å². The third-order valence-electron chi connectivity index (χ3n) is 9.06. The molecule has 3 aromatic rings. The van der Waals surface area contributed by atoms with E-state index in [4.69, 9.17) is 9.72 Å². The number of para-hydroxylation sites is 2. The van der Waals surface area contributed by atoms with Crippen molar-refractivity contribution in [3.63, 3.8) is 0 Å². The summed E-state index contributed by atoms with van der Waals surface area (Å²) in [5, 5.41) is 4.13. The maximum absolute atomic E-state index is 13.6. The minimum absolute atomic E-state index is 0.0485. The van der Waals surface area contributed by atoms with Gasteiger partial charge in [-0.05, 0) is 68.7 Å². The predicted octanol–water partition coefficient (Wildman–Crippen LogP) is 3.94. The van der Waals surface area contributed by atoms with E-state index in [0.29, 0.717) is 29.1 Å². The lowest BCUT2D eigenvalue weighted by Gasteiger charge is -2.39. The highest BCUT2D eigenvalue weighted by molar-refractivity contribution is 7.99. The number of benzene rings is 2. The highest BCUT2D eigenvalue weighted by Crippen LogP contribution is 2.32. The molecule has 1 aromatic heterocycles. The van der Waals surface area contributed by atoms with Crippen molar-refractivity contribution in [3.05, 3.63) is 65.0 Å². The number of nitrogens with zero attached hydrogens (tertiary/aromatic N) is 4. The second-order valence-corrected chi connectivity index (χ2v) is 12.9. The molecule has 1 atom stereocenters. The zero-order valence-corrected chi connectivity index (χ0v) is 25.5. The van der Waals surface area contributed by atoms with Gasteiger partial charge in [0.1, 0.15) is 0 Å². The molecule has 2 saturated heterocycles. The van der Waals surface area contributed by atoms with E-state index >= 15 is 0 Å². The first kappa shape index (κ1) is 29.7. The number of ether oxygens (including phenoxy) is 1. The Morgan fingerprint density at radius 1 is 0.930 bits per heavy atom. The number of hydrogen-bond acceptors (Lipinski definition) is 7. The molecule has 2 aromatic carbocycles. The summed E-state index contributed by atoms with van der Waals surface area (Å²) >= 11 is 1.31. The Hall–Kier alpha value is -3.37. The number of thioether (sulfide) groups is 1. The number of carbonyl (C=O) groups is 2. The minimum atomic E-state index is -0.0851. The molecule has 0 spiro atoms. The second kappa shape index (κ2) is 13.9. The Bertz CT molecular complexity index is 1460. The average Bonchev–Trinajstić information content (AvgIpc) is 3.59. The van der Waals surface area contributed by atoms with Gasteiger partial charge in [-0.2, -0.15) is 0 Å². The van der Waals surface area contributed by atoms with Crippen LogP contribution in [-0.4, -0.2) is 77.5 Å². The van der Waals surface area contributed by atoms with E-state index in [0.717, 1.165) is 71.3 Å². The normalized spacial score (nSPS) is 22.6. The van der Waals surface area contributed by atoms with Crippen LogP contribution in [0.3, 0.4) is 0 Å². The van der Waals surface area contributed by atoms with E-state index in [1.165, 1.54) is 17.4 Å². The number of carbonyl (C=O) groups excluding carboxylic acids is 2. The average molecular weight is 604 g/mol. The summed E-state index contributed by atoms with van der Waals surface area (Å²) in [6.45, 7) is 5.05. The second-order valence-electron chi connectivity index (χ2n) is 11.9. The third-order valence-corrected chi connectivity index (χ3v) is 10.0. The number of nitrogens with one attached hydrogen (secondary N) is 1. The van der Waals surface area contributed by atoms with Gasteiger partial charge in [-0.1, -0.05) is 42.1 Å². The molecule has 1 aliphatic carbocycles. The molecule has 2 amide bonds. The lowest BCUT2D eigenvalue weighted by atomic mass is 9.81. The number of aromatic nitrogens is 2. The Morgan fingerprint density at radius 2 is 1.67 bits per heavy atom. The summed E-state index contributed by atoms with van der Waals surface area (Å²) in [4.78, 5) is 48.8. The highest BCUT2D eigenvalue weighted by Gasteiger charge is 2.32. The monoisotopic (exact) mass is 603 g/mol. The fourth-order valence-corrected chi connectivity index (χ4v) is 7.40. The molecule has 1 saturated carbocycles. The SMILES string of the molecule is O=C(CSc1nc2ccccc2c(=O)n1CC1CCC(C(=O)N2CCN(c3ccccc3)CC2)CC1)NCC1CCCO1. The van der Waals surface area contributed by atoms with Crippen molar-refractivity contribution < 1.29 is 14.3 Å². The van der Waals surface area contributed by atoms with Crippen LogP contribution in [0.15, 0.2) is 64.5 Å². The molecular weight excluding hydrogens is 562 g/mol. The molecule has 9 nitrogen and oxygen atoms in total. The van der Waals surface area contributed by atoms with Crippen LogP contribution in [0.25, 0.3) is 10.9 Å².